The van der Waals surface area contributed by atoms with E-state index in [9.17, 15) is 19.5 Å². The zero-order valence-corrected chi connectivity index (χ0v) is 22.1. The molecule has 3 aliphatic heterocycles. The smallest absolute Gasteiger partial charge is 0.305 e. The molecule has 0 amide bonds. The molecule has 10 heteroatoms. The van der Waals surface area contributed by atoms with Crippen molar-refractivity contribution in [2.24, 2.45) is 28.6 Å². The molecule has 0 bridgehead atoms. The van der Waals surface area contributed by atoms with Crippen LogP contribution >= 0.6 is 0 Å². The number of esters is 3. The molecule has 2 saturated heterocycles. The SMILES string of the molecule is CCC(=O)O[C@H]1[C@H](O)C[C@@H]2[C@](C)([C@@H]3CC4C=COC4O3)[C@@H](C)C[C@H](OC(C)=O)[C@@]2(COC(C)=O)[C@]12CO2. The Morgan fingerprint density at radius 1 is 1.11 bits per heavy atom. The van der Waals surface area contributed by atoms with E-state index in [4.69, 9.17) is 28.4 Å². The van der Waals surface area contributed by atoms with E-state index in [2.05, 4.69) is 13.8 Å². The van der Waals surface area contributed by atoms with Crippen molar-refractivity contribution in [1.82, 2.24) is 0 Å². The third-order valence-corrected chi connectivity index (χ3v) is 9.84. The molecule has 5 rings (SSSR count). The van der Waals surface area contributed by atoms with Crippen LogP contribution in [-0.4, -0.2) is 72.5 Å². The maximum atomic E-state index is 12.4. The molecule has 0 aromatic heterocycles. The predicted octanol–water partition coefficient (Wildman–Crippen LogP) is 2.26. The number of carbonyl (C=O) groups excluding carboxylic acids is 3. The summed E-state index contributed by atoms with van der Waals surface area (Å²) < 4.78 is 35.7. The van der Waals surface area contributed by atoms with Gasteiger partial charge in [0.2, 0.25) is 6.29 Å². The van der Waals surface area contributed by atoms with Crippen LogP contribution in [0.2, 0.25) is 0 Å². The second-order valence-electron chi connectivity index (χ2n) is 11.6. The van der Waals surface area contributed by atoms with E-state index in [0.29, 0.717) is 6.42 Å². The van der Waals surface area contributed by atoms with Crippen molar-refractivity contribution in [3.8, 4) is 0 Å². The Bertz CT molecular complexity index is 974. The summed E-state index contributed by atoms with van der Waals surface area (Å²) in [5, 5.41) is 11.5. The number of carbonyl (C=O) groups is 3. The molecule has 37 heavy (non-hydrogen) atoms. The molecule has 0 aromatic rings. The van der Waals surface area contributed by atoms with E-state index in [-0.39, 0.29) is 56.2 Å². The minimum Gasteiger partial charge on any atom is -0.472 e. The van der Waals surface area contributed by atoms with Gasteiger partial charge in [-0.2, -0.15) is 0 Å². The highest BCUT2D eigenvalue weighted by atomic mass is 16.7. The molecule has 11 atom stereocenters. The minimum absolute atomic E-state index is 0.0119. The van der Waals surface area contributed by atoms with Crippen molar-refractivity contribution in [3.05, 3.63) is 12.3 Å². The van der Waals surface area contributed by atoms with Crippen molar-refractivity contribution in [3.63, 3.8) is 0 Å². The zero-order valence-electron chi connectivity index (χ0n) is 22.1. The van der Waals surface area contributed by atoms with Gasteiger partial charge in [-0.25, -0.2) is 0 Å². The van der Waals surface area contributed by atoms with Crippen molar-refractivity contribution >= 4 is 17.9 Å². The van der Waals surface area contributed by atoms with E-state index >= 15 is 0 Å². The average Bonchev–Trinajstić information content (AvgIpc) is 3.32. The Balaban J connectivity index is 1.64. The summed E-state index contributed by atoms with van der Waals surface area (Å²) in [7, 11) is 0. The molecular weight excluding hydrogens is 484 g/mol. The first-order valence-corrected chi connectivity index (χ1v) is 13.3. The van der Waals surface area contributed by atoms with Crippen LogP contribution in [0.15, 0.2) is 12.3 Å². The lowest BCUT2D eigenvalue weighted by molar-refractivity contribution is -0.283. The number of rotatable bonds is 6. The minimum atomic E-state index is -1.18. The van der Waals surface area contributed by atoms with Crippen LogP contribution in [0.3, 0.4) is 0 Å². The molecule has 10 nitrogen and oxygen atoms in total. The summed E-state index contributed by atoms with van der Waals surface area (Å²) in [6.07, 6.45) is 1.97. The Labute approximate surface area is 216 Å². The van der Waals surface area contributed by atoms with Crippen LogP contribution in [-0.2, 0) is 42.8 Å². The van der Waals surface area contributed by atoms with Crippen LogP contribution in [0.25, 0.3) is 0 Å². The lowest BCUT2D eigenvalue weighted by Gasteiger charge is -2.65. The van der Waals surface area contributed by atoms with Gasteiger partial charge in [0.25, 0.3) is 0 Å². The third kappa shape index (κ3) is 3.89. The summed E-state index contributed by atoms with van der Waals surface area (Å²) in [6, 6.07) is 0. The number of aliphatic hydroxyl groups excluding tert-OH is 1. The quantitative estimate of drug-likeness (QED) is 0.315. The van der Waals surface area contributed by atoms with Crippen molar-refractivity contribution in [2.75, 3.05) is 13.2 Å². The number of aliphatic hydroxyl groups is 1. The molecular formula is C27H38O10. The highest BCUT2D eigenvalue weighted by molar-refractivity contribution is 5.69. The molecule has 206 valence electrons. The third-order valence-electron chi connectivity index (χ3n) is 9.84. The predicted molar refractivity (Wildman–Crippen MR) is 126 cm³/mol. The molecule has 2 aliphatic carbocycles. The first kappa shape index (κ1) is 26.4. The Hall–Kier alpha value is -2.17. The van der Waals surface area contributed by atoms with Gasteiger partial charge in [-0.05, 0) is 37.2 Å². The van der Waals surface area contributed by atoms with Gasteiger partial charge in [-0.1, -0.05) is 20.8 Å². The molecule has 0 aromatic carbocycles. The first-order chi connectivity index (χ1) is 17.5. The fraction of sp³-hybridized carbons (Fsp3) is 0.815. The van der Waals surface area contributed by atoms with Gasteiger partial charge in [0.15, 0.2) is 6.10 Å². The molecule has 3 heterocycles. The van der Waals surface area contributed by atoms with Gasteiger partial charge in [-0.15, -0.1) is 0 Å². The summed E-state index contributed by atoms with van der Waals surface area (Å²) in [5.74, 6) is -1.62. The number of hydrogen-bond acceptors (Lipinski definition) is 10. The molecule has 4 fully saturated rings. The van der Waals surface area contributed by atoms with E-state index in [0.717, 1.165) is 6.42 Å². The Morgan fingerprint density at radius 2 is 1.84 bits per heavy atom. The summed E-state index contributed by atoms with van der Waals surface area (Å²) in [4.78, 5) is 36.9. The van der Waals surface area contributed by atoms with Gasteiger partial charge in [0, 0.05) is 31.6 Å². The number of ether oxygens (including phenoxy) is 6. The fourth-order valence-electron chi connectivity index (χ4n) is 7.83. The molecule has 1 spiro atoms. The van der Waals surface area contributed by atoms with Gasteiger partial charge >= 0.3 is 17.9 Å². The van der Waals surface area contributed by atoms with Crippen LogP contribution in [0.1, 0.15) is 60.3 Å². The maximum absolute atomic E-state index is 12.4. The van der Waals surface area contributed by atoms with Crippen LogP contribution < -0.4 is 0 Å². The lowest BCUT2D eigenvalue weighted by Crippen LogP contribution is -2.74. The molecule has 2 saturated carbocycles. The first-order valence-electron chi connectivity index (χ1n) is 13.3. The molecule has 5 aliphatic rings. The highest BCUT2D eigenvalue weighted by Crippen LogP contribution is 2.70. The maximum Gasteiger partial charge on any atom is 0.305 e. The standard InChI is InChI=1S/C27H38O10/c1-6-22(31)37-23-18(30)11-19-25(5,20-10-17-7-8-32-24(17)36-20)14(2)9-21(35-16(4)29)26(19,12-33-15(3)28)27(23)13-34-27/h7-8,14,17-21,23-24,30H,6,9-13H2,1-5H3/t14-,17?,18+,19+,20-,21-,23-,24?,25+,26-,27-/m0/s1. The monoisotopic (exact) mass is 522 g/mol. The Kier molecular flexibility index (Phi) is 6.60. The highest BCUT2D eigenvalue weighted by Gasteiger charge is 2.81. The van der Waals surface area contributed by atoms with E-state index in [1.54, 1.807) is 13.2 Å². The van der Waals surface area contributed by atoms with Gasteiger partial charge in [-0.3, -0.25) is 14.4 Å². The average molecular weight is 523 g/mol. The van der Waals surface area contributed by atoms with E-state index in [1.165, 1.54) is 13.8 Å². The van der Waals surface area contributed by atoms with E-state index < -0.39 is 52.7 Å². The molecule has 0 radical (unpaired) electrons. The second-order valence-corrected chi connectivity index (χ2v) is 11.6. The fourth-order valence-corrected chi connectivity index (χ4v) is 7.83. The van der Waals surface area contributed by atoms with E-state index in [1.807, 2.05) is 6.08 Å². The van der Waals surface area contributed by atoms with Crippen LogP contribution in [0.5, 0.6) is 0 Å². The lowest BCUT2D eigenvalue weighted by atomic mass is 9.41. The Morgan fingerprint density at radius 3 is 2.43 bits per heavy atom. The van der Waals surface area contributed by atoms with Gasteiger partial charge in [0.05, 0.1) is 30.5 Å². The zero-order chi connectivity index (χ0) is 26.8. The topological polar surface area (TPSA) is 130 Å². The molecule has 1 N–H and O–H groups in total. The summed E-state index contributed by atoms with van der Waals surface area (Å²) >= 11 is 0. The van der Waals surface area contributed by atoms with Gasteiger partial charge < -0.3 is 33.5 Å². The summed E-state index contributed by atoms with van der Waals surface area (Å²) in [5.41, 5.74) is -2.78. The number of epoxide rings is 1. The number of fused-ring (bicyclic) bond motifs is 3. The van der Waals surface area contributed by atoms with Crippen molar-refractivity contribution < 1.29 is 47.9 Å². The van der Waals surface area contributed by atoms with Gasteiger partial charge in [0.1, 0.15) is 18.3 Å². The normalized spacial score (nSPS) is 47.5. The van der Waals surface area contributed by atoms with Crippen molar-refractivity contribution in [1.29, 1.82) is 0 Å². The summed E-state index contributed by atoms with van der Waals surface area (Å²) in [6.45, 7) is 8.69. The molecule has 2 unspecified atom stereocenters. The van der Waals surface area contributed by atoms with Crippen LogP contribution in [0.4, 0.5) is 0 Å². The van der Waals surface area contributed by atoms with Crippen LogP contribution in [0, 0.1) is 28.6 Å². The van der Waals surface area contributed by atoms with Crippen molar-refractivity contribution in [2.45, 2.75) is 96.6 Å². The second kappa shape index (κ2) is 9.24. The number of hydrogen-bond donors (Lipinski definition) is 1. The largest absolute Gasteiger partial charge is 0.472 e.